The molecular formula is C46H45BrF4N14O3. The molecule has 2 aliphatic rings. The highest BCUT2D eigenvalue weighted by molar-refractivity contribution is 9.10. The van der Waals surface area contributed by atoms with Crippen LogP contribution in [0.4, 0.5) is 41.0 Å². The maximum absolute atomic E-state index is 15.3. The van der Waals surface area contributed by atoms with Crippen LogP contribution >= 0.6 is 15.9 Å². The number of imidazole rings is 1. The van der Waals surface area contributed by atoms with Crippen molar-refractivity contribution in [1.29, 1.82) is 0 Å². The van der Waals surface area contributed by atoms with Crippen molar-refractivity contribution in [2.45, 2.75) is 32.2 Å². The number of aromatic amines is 1. The first-order chi connectivity index (χ1) is 32.6. The third-order valence-corrected chi connectivity index (χ3v) is 12.6. The van der Waals surface area contributed by atoms with E-state index >= 15 is 8.78 Å². The molecule has 0 atom stereocenters. The monoisotopic (exact) mass is 996 g/mol. The Morgan fingerprint density at radius 2 is 1.79 bits per heavy atom. The molecule has 1 aliphatic carbocycles. The van der Waals surface area contributed by atoms with E-state index in [1.807, 2.05) is 11.9 Å². The van der Waals surface area contributed by atoms with Gasteiger partial charge in [-0.3, -0.25) is 9.59 Å². The highest BCUT2D eigenvalue weighted by atomic mass is 79.9. The van der Waals surface area contributed by atoms with E-state index in [4.69, 9.17) is 20.4 Å². The highest BCUT2D eigenvalue weighted by Gasteiger charge is 2.28. The number of piperazine rings is 1. The minimum absolute atomic E-state index is 0.00232. The van der Waals surface area contributed by atoms with Crippen LogP contribution in [0, 0.1) is 30.2 Å². The van der Waals surface area contributed by atoms with Gasteiger partial charge in [-0.25, -0.2) is 32.5 Å². The standard InChI is InChI=1S/C46H45BrF4N14O3/c1-24(21-64(22-36-56-34-10-9-32(49)37(51)39(34)58-36)46-60-45(63-13-11-61(3)12-14-63)59-42-31(47)20-55-65(42)46)44(67)62(4)15-16-68-40-38(53-23-54-41(40)52)30-18-28(48)19-35(25(30)2)57-43(66)29-8-7-27(17-33(29)50)26-5-6-26/h7-10,17-20,23,26H,1,5-6,11-16,21-22H2,2-4H3,(H,56,58)(H,57,66)(H2,52,53,54). The molecule has 352 valence electrons. The molecule has 4 N–H and O–H groups in total. The number of anilines is 4. The van der Waals surface area contributed by atoms with Crippen LogP contribution in [-0.4, -0.2) is 121 Å². The SMILES string of the molecule is C=C(CN(Cc1nc2c(F)c(F)ccc2[nH]1)c1nc(N2CCN(C)CC2)nc2c(Br)cnn12)C(=O)N(C)CCOc1c(N)ncnc1-c1cc(F)cc(NC(=O)c2ccc(C3CC3)cc2F)c1C. The van der Waals surface area contributed by atoms with Crippen molar-refractivity contribution in [3.63, 3.8) is 0 Å². The summed E-state index contributed by atoms with van der Waals surface area (Å²) in [6.45, 7) is 8.35. The Kier molecular flexibility index (Phi) is 12.7. The van der Waals surface area contributed by atoms with E-state index in [1.165, 1.54) is 40.0 Å². The number of H-pyrrole nitrogens is 1. The molecule has 3 aromatic carbocycles. The summed E-state index contributed by atoms with van der Waals surface area (Å²) in [6.07, 6.45) is 4.71. The van der Waals surface area contributed by atoms with Gasteiger partial charge in [-0.1, -0.05) is 12.6 Å². The normalized spacial score (nSPS) is 14.1. The number of amides is 2. The maximum atomic E-state index is 15.3. The summed E-state index contributed by atoms with van der Waals surface area (Å²) in [5.74, 6) is -3.57. The Morgan fingerprint density at radius 1 is 1.01 bits per heavy atom. The summed E-state index contributed by atoms with van der Waals surface area (Å²) >= 11 is 3.55. The third-order valence-electron chi connectivity index (χ3n) is 12.0. The van der Waals surface area contributed by atoms with Crippen molar-refractivity contribution >= 4 is 67.8 Å². The Hall–Kier alpha value is -7.20. The number of carbonyl (C=O) groups excluding carboxylic acids is 2. The molecule has 2 fully saturated rings. The predicted octanol–water partition coefficient (Wildman–Crippen LogP) is 6.65. The molecular weight excluding hydrogens is 952 g/mol. The summed E-state index contributed by atoms with van der Waals surface area (Å²) in [5, 5.41) is 7.15. The average Bonchev–Trinajstić information content (AvgIpc) is 3.99. The van der Waals surface area contributed by atoms with Gasteiger partial charge in [-0.2, -0.15) is 19.6 Å². The van der Waals surface area contributed by atoms with Crippen molar-refractivity contribution in [3.05, 3.63) is 117 Å². The number of rotatable bonds is 15. The number of nitrogens with zero attached hydrogens (tertiary/aromatic N) is 11. The van der Waals surface area contributed by atoms with E-state index < -0.39 is 35.1 Å². The quantitative estimate of drug-likeness (QED) is 0.0732. The molecule has 5 heterocycles. The van der Waals surface area contributed by atoms with Crippen LogP contribution in [0.2, 0.25) is 0 Å². The second kappa shape index (κ2) is 18.8. The molecule has 1 saturated heterocycles. The molecule has 0 unspecified atom stereocenters. The maximum Gasteiger partial charge on any atom is 0.258 e. The van der Waals surface area contributed by atoms with Crippen LogP contribution in [0.5, 0.6) is 5.75 Å². The first-order valence-corrected chi connectivity index (χ1v) is 22.4. The number of halogens is 5. The predicted molar refractivity (Wildman–Crippen MR) is 250 cm³/mol. The van der Waals surface area contributed by atoms with Gasteiger partial charge >= 0.3 is 0 Å². The summed E-state index contributed by atoms with van der Waals surface area (Å²) in [4.78, 5) is 60.2. The number of fused-ring (bicyclic) bond motifs is 2. The molecule has 22 heteroatoms. The molecule has 0 radical (unpaired) electrons. The summed E-state index contributed by atoms with van der Waals surface area (Å²) in [5.41, 5.74) is 8.41. The first kappa shape index (κ1) is 45.9. The number of benzene rings is 3. The largest absolute Gasteiger partial charge is 0.486 e. The van der Waals surface area contributed by atoms with Gasteiger partial charge in [-0.15, -0.1) is 0 Å². The van der Waals surface area contributed by atoms with E-state index in [9.17, 15) is 18.4 Å². The molecule has 9 rings (SSSR count). The van der Waals surface area contributed by atoms with Crippen molar-refractivity contribution < 1.29 is 31.9 Å². The topological polar surface area (TPSA) is 192 Å². The molecule has 68 heavy (non-hydrogen) atoms. The first-order valence-electron chi connectivity index (χ1n) is 21.6. The lowest BCUT2D eigenvalue weighted by Gasteiger charge is -2.33. The Morgan fingerprint density at radius 3 is 2.54 bits per heavy atom. The lowest BCUT2D eigenvalue weighted by molar-refractivity contribution is -0.126. The molecule has 0 spiro atoms. The minimum Gasteiger partial charge on any atom is -0.486 e. The fourth-order valence-corrected chi connectivity index (χ4v) is 8.35. The van der Waals surface area contributed by atoms with Gasteiger partial charge in [0.25, 0.3) is 11.8 Å². The zero-order valence-electron chi connectivity index (χ0n) is 37.2. The molecule has 1 aliphatic heterocycles. The van der Waals surface area contributed by atoms with Gasteiger partial charge < -0.3 is 40.4 Å². The van der Waals surface area contributed by atoms with Crippen LogP contribution in [0.3, 0.4) is 0 Å². The minimum atomic E-state index is -1.10. The van der Waals surface area contributed by atoms with Gasteiger partial charge in [0.15, 0.2) is 28.8 Å². The van der Waals surface area contributed by atoms with Crippen molar-refractivity contribution in [1.82, 2.24) is 49.3 Å². The fraction of sp³-hybridized carbons (Fsp3) is 0.304. The van der Waals surface area contributed by atoms with E-state index in [1.54, 1.807) is 31.1 Å². The number of carbonyl (C=O) groups is 2. The van der Waals surface area contributed by atoms with Gasteiger partial charge in [0.2, 0.25) is 11.9 Å². The number of likely N-dealkylation sites (N-methyl/N-ethyl adjacent to an activating group) is 2. The zero-order valence-corrected chi connectivity index (χ0v) is 38.7. The van der Waals surface area contributed by atoms with Gasteiger partial charge in [-0.05, 0) is 96.2 Å². The van der Waals surface area contributed by atoms with Crippen LogP contribution in [0.1, 0.15) is 46.1 Å². The van der Waals surface area contributed by atoms with Crippen molar-refractivity contribution in [3.8, 4) is 17.0 Å². The number of hydrogen-bond acceptors (Lipinski definition) is 13. The average molecular weight is 998 g/mol. The highest BCUT2D eigenvalue weighted by Crippen LogP contribution is 2.41. The van der Waals surface area contributed by atoms with Gasteiger partial charge in [0, 0.05) is 50.1 Å². The Labute approximate surface area is 395 Å². The van der Waals surface area contributed by atoms with Crippen LogP contribution in [0.15, 0.2) is 71.6 Å². The number of aromatic nitrogens is 8. The van der Waals surface area contributed by atoms with Gasteiger partial charge in [0.05, 0.1) is 41.4 Å². The van der Waals surface area contributed by atoms with E-state index in [-0.39, 0.29) is 88.7 Å². The van der Waals surface area contributed by atoms with Crippen molar-refractivity contribution in [2.24, 2.45) is 0 Å². The number of nitrogens with one attached hydrogen (secondary N) is 2. The molecule has 0 bridgehead atoms. The summed E-state index contributed by atoms with van der Waals surface area (Å²) < 4.78 is 67.6. The van der Waals surface area contributed by atoms with E-state index in [2.05, 4.69) is 57.8 Å². The lowest BCUT2D eigenvalue weighted by atomic mass is 10.0. The number of nitrogens with two attached hydrogens (primary N) is 1. The zero-order chi connectivity index (χ0) is 48.0. The molecule has 4 aromatic heterocycles. The molecule has 1 saturated carbocycles. The summed E-state index contributed by atoms with van der Waals surface area (Å²) in [7, 11) is 3.59. The lowest BCUT2D eigenvalue weighted by Crippen LogP contribution is -2.45. The van der Waals surface area contributed by atoms with Crippen molar-refractivity contribution in [2.75, 3.05) is 80.8 Å². The van der Waals surface area contributed by atoms with Gasteiger partial charge in [0.1, 0.15) is 41.6 Å². The number of hydrogen-bond donors (Lipinski definition) is 3. The van der Waals surface area contributed by atoms with Crippen LogP contribution in [0.25, 0.3) is 27.9 Å². The number of ether oxygens (including phenoxy) is 1. The number of nitrogen functional groups attached to an aromatic ring is 1. The second-order valence-electron chi connectivity index (χ2n) is 16.8. The van der Waals surface area contributed by atoms with E-state index in [0.717, 1.165) is 43.6 Å². The third kappa shape index (κ3) is 9.37. The fourth-order valence-electron chi connectivity index (χ4n) is 8.01. The molecule has 7 aromatic rings. The molecule has 17 nitrogen and oxygen atoms in total. The smallest absolute Gasteiger partial charge is 0.258 e. The van der Waals surface area contributed by atoms with E-state index in [0.29, 0.717) is 40.6 Å². The Bertz CT molecular complexity index is 3120. The van der Waals surface area contributed by atoms with Crippen LogP contribution < -0.4 is 25.6 Å². The molecule has 2 amide bonds. The second-order valence-corrected chi connectivity index (χ2v) is 17.7. The Balaban J connectivity index is 0.931. The van der Waals surface area contributed by atoms with Crippen LogP contribution in [-0.2, 0) is 11.3 Å². The summed E-state index contributed by atoms with van der Waals surface area (Å²) in [6, 6.07) is 9.24.